The Hall–Kier alpha value is -1.03. The molecular weight excluding hydrogens is 227 g/mol. The van der Waals surface area contributed by atoms with E-state index in [1.165, 1.54) is 12.1 Å². The van der Waals surface area contributed by atoms with Crippen LogP contribution in [0.5, 0.6) is 0 Å². The molecule has 3 rings (SSSR count). The molecule has 0 aliphatic heterocycles. The average molecular weight is 241 g/mol. The summed E-state index contributed by atoms with van der Waals surface area (Å²) in [7, 11) is 0. The van der Waals surface area contributed by atoms with Gasteiger partial charge >= 0.3 is 6.18 Å². The molecule has 0 amide bonds. The van der Waals surface area contributed by atoms with Crippen LogP contribution in [0.2, 0.25) is 0 Å². The van der Waals surface area contributed by atoms with Crippen LogP contribution >= 0.6 is 0 Å². The molecular formula is C13H14F3N. The highest BCUT2D eigenvalue weighted by Crippen LogP contribution is 2.46. The Morgan fingerprint density at radius 1 is 1.18 bits per heavy atom. The minimum absolute atomic E-state index is 0.138. The van der Waals surface area contributed by atoms with Crippen molar-refractivity contribution >= 4 is 0 Å². The third kappa shape index (κ3) is 1.66. The molecule has 1 nitrogen and oxygen atoms in total. The summed E-state index contributed by atoms with van der Waals surface area (Å²) in [6, 6.07) is 4.26. The second-order valence-electron chi connectivity index (χ2n) is 5.14. The van der Waals surface area contributed by atoms with Gasteiger partial charge in [-0.1, -0.05) is 6.07 Å². The lowest BCUT2D eigenvalue weighted by Gasteiger charge is -2.29. The monoisotopic (exact) mass is 241 g/mol. The number of hydrogen-bond acceptors (Lipinski definition) is 1. The fourth-order valence-corrected chi connectivity index (χ4v) is 3.31. The molecule has 92 valence electrons. The molecule has 2 aliphatic carbocycles. The third-order valence-corrected chi connectivity index (χ3v) is 4.21. The molecule has 1 saturated carbocycles. The predicted octanol–water partition coefficient (Wildman–Crippen LogP) is 3.08. The summed E-state index contributed by atoms with van der Waals surface area (Å²) in [5.74, 6) is 0.641. The summed E-state index contributed by atoms with van der Waals surface area (Å²) < 4.78 is 37.9. The zero-order chi connectivity index (χ0) is 12.2. The molecule has 0 aromatic heterocycles. The zero-order valence-electron chi connectivity index (χ0n) is 9.30. The molecule has 4 heteroatoms. The molecule has 0 heterocycles. The number of nitrogens with two attached hydrogens (primary N) is 1. The number of fused-ring (bicyclic) bond motifs is 4. The van der Waals surface area contributed by atoms with Crippen molar-refractivity contribution in [3.05, 3.63) is 34.9 Å². The fraction of sp³-hybridized carbons (Fsp3) is 0.538. The second-order valence-corrected chi connectivity index (χ2v) is 5.14. The molecule has 1 aromatic rings. The summed E-state index contributed by atoms with van der Waals surface area (Å²) in [5.41, 5.74) is 7.46. The van der Waals surface area contributed by atoms with Gasteiger partial charge in [0.2, 0.25) is 0 Å². The minimum Gasteiger partial charge on any atom is -0.327 e. The number of halogens is 3. The van der Waals surface area contributed by atoms with Gasteiger partial charge < -0.3 is 5.73 Å². The van der Waals surface area contributed by atoms with Crippen LogP contribution in [0.1, 0.15) is 35.4 Å². The first kappa shape index (κ1) is 11.1. The van der Waals surface area contributed by atoms with E-state index in [2.05, 4.69) is 0 Å². The Morgan fingerprint density at radius 2 is 1.94 bits per heavy atom. The molecule has 17 heavy (non-hydrogen) atoms. The molecule has 0 saturated heterocycles. The molecule has 0 spiro atoms. The van der Waals surface area contributed by atoms with Gasteiger partial charge in [0.1, 0.15) is 0 Å². The third-order valence-electron chi connectivity index (χ3n) is 4.21. The van der Waals surface area contributed by atoms with E-state index < -0.39 is 11.7 Å². The molecule has 0 unspecified atom stereocenters. The topological polar surface area (TPSA) is 26.0 Å². The largest absolute Gasteiger partial charge is 0.416 e. The summed E-state index contributed by atoms with van der Waals surface area (Å²) >= 11 is 0. The summed E-state index contributed by atoms with van der Waals surface area (Å²) in [6.07, 6.45) is -1.48. The summed E-state index contributed by atoms with van der Waals surface area (Å²) in [5, 5.41) is 0. The van der Waals surface area contributed by atoms with E-state index >= 15 is 0 Å². The van der Waals surface area contributed by atoms with Crippen molar-refractivity contribution in [2.24, 2.45) is 11.7 Å². The maximum atomic E-state index is 12.6. The zero-order valence-corrected chi connectivity index (χ0v) is 9.30. The van der Waals surface area contributed by atoms with Crippen molar-refractivity contribution in [1.29, 1.82) is 0 Å². The molecule has 2 aliphatic rings. The van der Waals surface area contributed by atoms with Crippen molar-refractivity contribution in [1.82, 2.24) is 0 Å². The first-order chi connectivity index (χ1) is 7.97. The van der Waals surface area contributed by atoms with Crippen molar-refractivity contribution < 1.29 is 13.2 Å². The smallest absolute Gasteiger partial charge is 0.327 e. The summed E-state index contributed by atoms with van der Waals surface area (Å²) in [4.78, 5) is 0. The van der Waals surface area contributed by atoms with Gasteiger partial charge in [-0.2, -0.15) is 13.2 Å². The van der Waals surface area contributed by atoms with Crippen molar-refractivity contribution in [2.75, 3.05) is 0 Å². The predicted molar refractivity (Wildman–Crippen MR) is 58.6 cm³/mol. The molecule has 2 bridgehead atoms. The van der Waals surface area contributed by atoms with E-state index in [4.69, 9.17) is 5.73 Å². The SMILES string of the molecule is N[C@H]1[C@@H]2CC[C@H]1c1ccc(C(F)(F)F)cc1C2. The van der Waals surface area contributed by atoms with Gasteiger partial charge in [-0.15, -0.1) is 0 Å². The quantitative estimate of drug-likeness (QED) is 0.742. The first-order valence-corrected chi connectivity index (χ1v) is 5.92. The Bertz CT molecular complexity index is 452. The first-order valence-electron chi connectivity index (χ1n) is 5.92. The highest BCUT2D eigenvalue weighted by molar-refractivity contribution is 5.40. The van der Waals surface area contributed by atoms with Crippen LogP contribution < -0.4 is 5.73 Å². The Morgan fingerprint density at radius 3 is 2.65 bits per heavy atom. The molecule has 0 radical (unpaired) electrons. The van der Waals surface area contributed by atoms with E-state index in [9.17, 15) is 13.2 Å². The lowest BCUT2D eigenvalue weighted by Crippen LogP contribution is -2.35. The van der Waals surface area contributed by atoms with Crippen LogP contribution in [-0.4, -0.2) is 6.04 Å². The van der Waals surface area contributed by atoms with E-state index in [0.717, 1.165) is 24.0 Å². The Balaban J connectivity index is 2.04. The fourth-order valence-electron chi connectivity index (χ4n) is 3.31. The van der Waals surface area contributed by atoms with Gasteiger partial charge in [-0.3, -0.25) is 0 Å². The number of hydrogen-bond donors (Lipinski definition) is 1. The van der Waals surface area contributed by atoms with E-state index in [1.807, 2.05) is 0 Å². The van der Waals surface area contributed by atoms with Crippen LogP contribution in [-0.2, 0) is 12.6 Å². The van der Waals surface area contributed by atoms with Gasteiger partial charge in [0.05, 0.1) is 5.56 Å². The minimum atomic E-state index is -4.24. The lowest BCUT2D eigenvalue weighted by atomic mass is 9.79. The lowest BCUT2D eigenvalue weighted by molar-refractivity contribution is -0.137. The van der Waals surface area contributed by atoms with Crippen LogP contribution in [0.25, 0.3) is 0 Å². The standard InChI is InChI=1S/C13H14F3N/c14-13(15,16)9-2-4-10-8(6-9)5-7-1-3-11(10)12(7)17/h2,4,6-7,11-12H,1,3,5,17H2/t7-,11+,12+/m1/s1. The summed E-state index contributed by atoms with van der Waals surface area (Å²) in [6.45, 7) is 0. The number of alkyl halides is 3. The average Bonchev–Trinajstić information content (AvgIpc) is 2.51. The van der Waals surface area contributed by atoms with Crippen LogP contribution in [0.3, 0.4) is 0 Å². The second kappa shape index (κ2) is 3.48. The highest BCUT2D eigenvalue weighted by atomic mass is 19.4. The number of rotatable bonds is 0. The highest BCUT2D eigenvalue weighted by Gasteiger charge is 2.41. The maximum absolute atomic E-state index is 12.6. The van der Waals surface area contributed by atoms with E-state index in [1.54, 1.807) is 6.07 Å². The van der Waals surface area contributed by atoms with E-state index in [0.29, 0.717) is 12.3 Å². The molecule has 2 N–H and O–H groups in total. The van der Waals surface area contributed by atoms with Gasteiger partial charge in [-0.05, 0) is 54.4 Å². The van der Waals surface area contributed by atoms with Crippen molar-refractivity contribution in [2.45, 2.75) is 37.4 Å². The van der Waals surface area contributed by atoms with Gasteiger partial charge in [0, 0.05) is 6.04 Å². The maximum Gasteiger partial charge on any atom is 0.416 e. The van der Waals surface area contributed by atoms with Crippen molar-refractivity contribution in [3.8, 4) is 0 Å². The van der Waals surface area contributed by atoms with Gasteiger partial charge in [0.15, 0.2) is 0 Å². The number of benzene rings is 1. The molecule has 1 aromatic carbocycles. The van der Waals surface area contributed by atoms with Crippen LogP contribution in [0.4, 0.5) is 13.2 Å². The Kier molecular flexibility index (Phi) is 2.27. The normalized spacial score (nSPS) is 31.4. The van der Waals surface area contributed by atoms with Gasteiger partial charge in [-0.25, -0.2) is 0 Å². The van der Waals surface area contributed by atoms with Crippen LogP contribution in [0.15, 0.2) is 18.2 Å². The van der Waals surface area contributed by atoms with Crippen LogP contribution in [0, 0.1) is 5.92 Å². The van der Waals surface area contributed by atoms with Crippen molar-refractivity contribution in [3.63, 3.8) is 0 Å². The van der Waals surface area contributed by atoms with E-state index in [-0.39, 0.29) is 12.0 Å². The molecule has 3 atom stereocenters. The van der Waals surface area contributed by atoms with Gasteiger partial charge in [0.25, 0.3) is 0 Å². The Labute approximate surface area is 97.8 Å². The molecule has 1 fully saturated rings.